The van der Waals surface area contributed by atoms with Gasteiger partial charge in [-0.15, -0.1) is 0 Å². The number of nitrogens with one attached hydrogen (secondary N) is 1. The first-order valence-corrected chi connectivity index (χ1v) is 9.12. The molecule has 0 unspecified atom stereocenters. The maximum atomic E-state index is 11.7. The number of halogens is 2. The first kappa shape index (κ1) is 16.5. The summed E-state index contributed by atoms with van der Waals surface area (Å²) in [6.45, 7) is 2.28. The highest BCUT2D eigenvalue weighted by atomic mass is 35.5. The van der Waals surface area contributed by atoms with Gasteiger partial charge < -0.3 is 4.40 Å². The van der Waals surface area contributed by atoms with Crippen LogP contribution >= 0.6 is 23.2 Å². The normalized spacial score (nSPS) is 12.1. The monoisotopic (exact) mass is 349 g/mol. The Morgan fingerprint density at radius 3 is 2.81 bits per heavy atom. The predicted molar refractivity (Wildman–Crippen MR) is 85.6 cm³/mol. The van der Waals surface area contributed by atoms with E-state index in [9.17, 15) is 8.42 Å². The Kier molecular flexibility index (Phi) is 5.48. The van der Waals surface area contributed by atoms with Crippen molar-refractivity contribution in [2.75, 3.05) is 12.3 Å². The van der Waals surface area contributed by atoms with Crippen molar-refractivity contribution in [3.05, 3.63) is 34.2 Å². The van der Waals surface area contributed by atoms with Crippen molar-refractivity contribution in [1.29, 1.82) is 0 Å². The molecule has 21 heavy (non-hydrogen) atoms. The van der Waals surface area contributed by atoms with E-state index in [0.717, 1.165) is 12.1 Å². The Bertz CT molecular complexity index is 728. The largest absolute Gasteiger partial charge is 0.304 e. The van der Waals surface area contributed by atoms with Gasteiger partial charge in [0.2, 0.25) is 10.0 Å². The van der Waals surface area contributed by atoms with Crippen molar-refractivity contribution in [3.8, 4) is 0 Å². The van der Waals surface area contributed by atoms with E-state index in [1.165, 1.54) is 0 Å². The van der Waals surface area contributed by atoms with Crippen LogP contribution in [-0.4, -0.2) is 30.1 Å². The van der Waals surface area contributed by atoms with Gasteiger partial charge in [-0.05, 0) is 12.5 Å². The summed E-state index contributed by atoms with van der Waals surface area (Å²) in [7, 11) is -3.19. The molecule has 5 nitrogen and oxygen atoms in total. The van der Waals surface area contributed by atoms with Gasteiger partial charge in [0.05, 0.1) is 21.5 Å². The molecular formula is C13H17Cl2N3O2S. The molecule has 0 fully saturated rings. The third-order valence-corrected chi connectivity index (χ3v) is 4.95. The summed E-state index contributed by atoms with van der Waals surface area (Å²) < 4.78 is 27.7. The lowest BCUT2D eigenvalue weighted by molar-refractivity contribution is 0.578. The zero-order valence-corrected chi connectivity index (χ0v) is 14.0. The van der Waals surface area contributed by atoms with Crippen LogP contribution in [0.5, 0.6) is 0 Å². The van der Waals surface area contributed by atoms with Gasteiger partial charge in [-0.2, -0.15) is 0 Å². The summed E-state index contributed by atoms with van der Waals surface area (Å²) >= 11 is 12.0. The third-order valence-electron chi connectivity index (χ3n) is 2.99. The minimum Gasteiger partial charge on any atom is -0.304 e. The molecule has 0 bridgehead atoms. The van der Waals surface area contributed by atoms with Gasteiger partial charge in [-0.3, -0.25) is 0 Å². The Morgan fingerprint density at radius 2 is 2.10 bits per heavy atom. The van der Waals surface area contributed by atoms with Gasteiger partial charge in [0, 0.05) is 25.4 Å². The molecule has 2 heterocycles. The Labute approximate surface area is 134 Å². The molecule has 0 aliphatic heterocycles. The molecule has 0 aliphatic rings. The topological polar surface area (TPSA) is 63.5 Å². The van der Waals surface area contributed by atoms with E-state index in [1.807, 2.05) is 6.92 Å². The van der Waals surface area contributed by atoms with Crippen molar-refractivity contribution in [2.45, 2.75) is 26.2 Å². The molecule has 2 aromatic rings. The fourth-order valence-corrected chi connectivity index (χ4v) is 3.69. The molecule has 0 aromatic carbocycles. The van der Waals surface area contributed by atoms with Crippen LogP contribution in [0, 0.1) is 0 Å². The van der Waals surface area contributed by atoms with Crippen molar-refractivity contribution >= 4 is 38.9 Å². The predicted octanol–water partition coefficient (Wildman–Crippen LogP) is 2.90. The van der Waals surface area contributed by atoms with E-state index in [0.29, 0.717) is 35.1 Å². The van der Waals surface area contributed by atoms with Crippen LogP contribution in [0.1, 0.15) is 25.5 Å². The number of sulfonamides is 1. The van der Waals surface area contributed by atoms with Crippen LogP contribution in [0.3, 0.4) is 0 Å². The van der Waals surface area contributed by atoms with Crippen LogP contribution in [-0.2, 0) is 16.4 Å². The molecule has 0 atom stereocenters. The summed E-state index contributed by atoms with van der Waals surface area (Å²) in [6.07, 6.45) is 5.53. The molecule has 0 spiro atoms. The second-order valence-corrected chi connectivity index (χ2v) is 7.56. The van der Waals surface area contributed by atoms with E-state index in [1.54, 1.807) is 22.9 Å². The number of hydrogen-bond donors (Lipinski definition) is 1. The first-order chi connectivity index (χ1) is 9.91. The Hall–Kier alpha value is -0.820. The smallest absolute Gasteiger partial charge is 0.211 e. The molecular weight excluding hydrogens is 333 g/mol. The minimum atomic E-state index is -3.19. The Morgan fingerprint density at radius 1 is 1.33 bits per heavy atom. The summed E-state index contributed by atoms with van der Waals surface area (Å²) in [5, 5.41) is 0.994. The Balaban J connectivity index is 2.00. The van der Waals surface area contributed by atoms with Gasteiger partial charge in [-0.25, -0.2) is 18.1 Å². The van der Waals surface area contributed by atoms with Gasteiger partial charge in [0.1, 0.15) is 0 Å². The standard InChI is InChI=1S/C13H17Cl2N3O2S/c1-2-3-6-21(19,20)16-5-4-11-9-18-8-10(14)7-12(15)13(18)17-11/h7-9,16H,2-6H2,1H3. The second kappa shape index (κ2) is 6.96. The van der Waals surface area contributed by atoms with Gasteiger partial charge in [0.15, 0.2) is 5.65 Å². The van der Waals surface area contributed by atoms with Crippen molar-refractivity contribution in [1.82, 2.24) is 14.1 Å². The van der Waals surface area contributed by atoms with Crippen molar-refractivity contribution in [3.63, 3.8) is 0 Å². The first-order valence-electron chi connectivity index (χ1n) is 6.71. The van der Waals surface area contributed by atoms with Gasteiger partial charge in [-0.1, -0.05) is 36.5 Å². The molecule has 0 aliphatic carbocycles. The van der Waals surface area contributed by atoms with E-state index in [2.05, 4.69) is 9.71 Å². The van der Waals surface area contributed by atoms with Crippen LogP contribution in [0.15, 0.2) is 18.5 Å². The lowest BCUT2D eigenvalue weighted by Gasteiger charge is -2.04. The molecule has 0 saturated heterocycles. The zero-order valence-electron chi connectivity index (χ0n) is 11.6. The van der Waals surface area contributed by atoms with Gasteiger partial charge >= 0.3 is 0 Å². The fourth-order valence-electron chi connectivity index (χ4n) is 1.94. The van der Waals surface area contributed by atoms with E-state index in [-0.39, 0.29) is 5.75 Å². The maximum Gasteiger partial charge on any atom is 0.211 e. The summed E-state index contributed by atoms with van der Waals surface area (Å²) in [5.41, 5.74) is 1.38. The molecule has 0 saturated carbocycles. The molecule has 2 aromatic heterocycles. The highest BCUT2D eigenvalue weighted by Crippen LogP contribution is 2.21. The highest BCUT2D eigenvalue weighted by molar-refractivity contribution is 7.89. The van der Waals surface area contributed by atoms with Crippen molar-refractivity contribution in [2.24, 2.45) is 0 Å². The van der Waals surface area contributed by atoms with Crippen LogP contribution in [0.25, 0.3) is 5.65 Å². The van der Waals surface area contributed by atoms with Crippen LogP contribution < -0.4 is 4.72 Å². The average Bonchev–Trinajstić information content (AvgIpc) is 2.79. The summed E-state index contributed by atoms with van der Waals surface area (Å²) in [4.78, 5) is 4.37. The average molecular weight is 350 g/mol. The van der Waals surface area contributed by atoms with E-state index in [4.69, 9.17) is 23.2 Å². The van der Waals surface area contributed by atoms with Crippen LogP contribution in [0.4, 0.5) is 0 Å². The molecule has 0 amide bonds. The molecule has 2 rings (SSSR count). The summed E-state index contributed by atoms with van der Waals surface area (Å²) in [6, 6.07) is 1.63. The molecule has 1 N–H and O–H groups in total. The number of pyridine rings is 1. The van der Waals surface area contributed by atoms with Gasteiger partial charge in [0.25, 0.3) is 0 Å². The number of rotatable bonds is 7. The second-order valence-electron chi connectivity index (χ2n) is 4.79. The highest BCUT2D eigenvalue weighted by Gasteiger charge is 2.10. The SMILES string of the molecule is CCCCS(=O)(=O)NCCc1cn2cc(Cl)cc(Cl)c2n1. The van der Waals surface area contributed by atoms with Crippen molar-refractivity contribution < 1.29 is 8.42 Å². The lowest BCUT2D eigenvalue weighted by atomic mass is 10.3. The number of nitrogens with zero attached hydrogens (tertiary/aromatic N) is 2. The lowest BCUT2D eigenvalue weighted by Crippen LogP contribution is -2.28. The molecule has 116 valence electrons. The number of hydrogen-bond acceptors (Lipinski definition) is 3. The molecule has 8 heteroatoms. The summed E-state index contributed by atoms with van der Waals surface area (Å²) in [5.74, 6) is 0.163. The molecule has 0 radical (unpaired) electrons. The number of imidazole rings is 1. The number of fused-ring (bicyclic) bond motifs is 1. The third kappa shape index (κ3) is 4.57. The maximum absolute atomic E-state index is 11.7. The number of aromatic nitrogens is 2. The van der Waals surface area contributed by atoms with Crippen LogP contribution in [0.2, 0.25) is 10.0 Å². The quantitative estimate of drug-likeness (QED) is 0.835. The minimum absolute atomic E-state index is 0.163. The zero-order chi connectivity index (χ0) is 15.5. The van der Waals surface area contributed by atoms with E-state index < -0.39 is 10.0 Å². The number of unbranched alkanes of at least 4 members (excludes halogenated alkanes) is 1. The fraction of sp³-hybridized carbons (Fsp3) is 0.462. The van der Waals surface area contributed by atoms with E-state index >= 15 is 0 Å².